The van der Waals surface area contributed by atoms with Gasteiger partial charge in [0.15, 0.2) is 0 Å². The van der Waals surface area contributed by atoms with Crippen LogP contribution < -0.4 is 10.6 Å². The lowest BCUT2D eigenvalue weighted by molar-refractivity contribution is 0.102. The van der Waals surface area contributed by atoms with E-state index in [9.17, 15) is 4.79 Å². The summed E-state index contributed by atoms with van der Waals surface area (Å²) in [5, 5.41) is 15.0. The van der Waals surface area contributed by atoms with Crippen LogP contribution in [0.3, 0.4) is 0 Å². The number of aliphatic hydroxyl groups is 1. The number of amides is 1. The lowest BCUT2D eigenvalue weighted by Crippen LogP contribution is -2.17. The van der Waals surface area contributed by atoms with Gasteiger partial charge in [-0.05, 0) is 49.3 Å². The molecular weight excluding hydrogens is 264 g/mol. The van der Waals surface area contributed by atoms with Gasteiger partial charge in [-0.1, -0.05) is 30.3 Å². The quantitative estimate of drug-likeness (QED) is 0.762. The highest BCUT2D eigenvalue weighted by atomic mass is 16.3. The normalized spacial score (nSPS) is 10.4. The minimum absolute atomic E-state index is 0.00107. The molecule has 0 fully saturated rings. The number of aliphatic hydroxyl groups excluding tert-OH is 1. The highest BCUT2D eigenvalue weighted by Crippen LogP contribution is 2.14. The monoisotopic (exact) mass is 284 g/mol. The second-order valence-corrected chi connectivity index (χ2v) is 4.82. The molecule has 0 heterocycles. The second kappa shape index (κ2) is 7.57. The Balaban J connectivity index is 2.12. The van der Waals surface area contributed by atoms with Crippen molar-refractivity contribution in [1.29, 1.82) is 0 Å². The Morgan fingerprint density at radius 1 is 1.10 bits per heavy atom. The van der Waals surface area contributed by atoms with Gasteiger partial charge in [0.25, 0.3) is 5.91 Å². The average Bonchev–Trinajstić information content (AvgIpc) is 2.54. The van der Waals surface area contributed by atoms with E-state index in [2.05, 4.69) is 10.6 Å². The van der Waals surface area contributed by atoms with Crippen LogP contribution in [-0.4, -0.2) is 24.6 Å². The maximum atomic E-state index is 12.4. The third kappa shape index (κ3) is 4.15. The minimum atomic E-state index is -0.113. The van der Waals surface area contributed by atoms with Crippen molar-refractivity contribution in [2.45, 2.75) is 13.0 Å². The molecule has 4 heteroatoms. The number of benzene rings is 2. The van der Waals surface area contributed by atoms with E-state index in [0.29, 0.717) is 5.56 Å². The number of anilines is 1. The molecule has 2 aromatic rings. The molecule has 2 aromatic carbocycles. The van der Waals surface area contributed by atoms with E-state index in [1.807, 2.05) is 31.3 Å². The molecule has 0 atom stereocenters. The molecule has 0 saturated heterocycles. The Kier molecular flexibility index (Phi) is 5.49. The van der Waals surface area contributed by atoms with Gasteiger partial charge in [-0.2, -0.15) is 0 Å². The first kappa shape index (κ1) is 15.2. The molecule has 0 aliphatic carbocycles. The first-order chi connectivity index (χ1) is 10.2. The molecular formula is C17H20N2O2. The largest absolute Gasteiger partial charge is 0.392 e. The second-order valence-electron chi connectivity index (χ2n) is 4.82. The maximum absolute atomic E-state index is 12.4. The Morgan fingerprint density at radius 2 is 1.81 bits per heavy atom. The van der Waals surface area contributed by atoms with Gasteiger partial charge in [0.1, 0.15) is 0 Å². The summed E-state index contributed by atoms with van der Waals surface area (Å²) in [5.74, 6) is -0.113. The first-order valence-corrected chi connectivity index (χ1v) is 6.98. The molecule has 0 radical (unpaired) electrons. The summed E-state index contributed by atoms with van der Waals surface area (Å²) >= 11 is 0. The molecule has 21 heavy (non-hydrogen) atoms. The topological polar surface area (TPSA) is 61.4 Å². The van der Waals surface area contributed by atoms with E-state index < -0.39 is 0 Å². The Hall–Kier alpha value is -2.17. The predicted molar refractivity (Wildman–Crippen MR) is 84.4 cm³/mol. The molecule has 4 nitrogen and oxygen atoms in total. The van der Waals surface area contributed by atoms with Gasteiger partial charge < -0.3 is 15.7 Å². The van der Waals surface area contributed by atoms with Crippen LogP contribution in [0.15, 0.2) is 48.5 Å². The summed E-state index contributed by atoms with van der Waals surface area (Å²) < 4.78 is 0. The summed E-state index contributed by atoms with van der Waals surface area (Å²) in [6, 6.07) is 14.8. The van der Waals surface area contributed by atoms with Crippen molar-refractivity contribution >= 4 is 11.6 Å². The Bertz CT molecular complexity index is 594. The summed E-state index contributed by atoms with van der Waals surface area (Å²) in [6.07, 6.45) is 0.809. The third-order valence-electron chi connectivity index (χ3n) is 3.30. The summed E-state index contributed by atoms with van der Waals surface area (Å²) in [6.45, 7) is 0.830. The van der Waals surface area contributed by atoms with Crippen LogP contribution in [0.4, 0.5) is 5.69 Å². The van der Waals surface area contributed by atoms with Crippen molar-refractivity contribution in [2.24, 2.45) is 0 Å². The highest BCUT2D eigenvalue weighted by Gasteiger charge is 2.10. The van der Waals surface area contributed by atoms with Crippen LogP contribution in [0.1, 0.15) is 21.5 Å². The Labute approximate surface area is 124 Å². The van der Waals surface area contributed by atoms with E-state index in [1.165, 1.54) is 0 Å². The average molecular weight is 284 g/mol. The fraction of sp³-hybridized carbons (Fsp3) is 0.235. The number of nitrogens with one attached hydrogen (secondary N) is 2. The maximum Gasteiger partial charge on any atom is 0.255 e. The smallest absolute Gasteiger partial charge is 0.255 e. The van der Waals surface area contributed by atoms with Crippen molar-refractivity contribution < 1.29 is 9.90 Å². The molecule has 3 N–H and O–H groups in total. The van der Waals surface area contributed by atoms with Gasteiger partial charge in [0.05, 0.1) is 6.61 Å². The first-order valence-electron chi connectivity index (χ1n) is 6.98. The third-order valence-corrected chi connectivity index (χ3v) is 3.30. The standard InChI is InChI=1S/C17H20N2O2/c1-18-11-10-14-4-2-3-5-16(14)17(21)19-15-8-6-13(12-20)7-9-15/h2-9,18,20H,10-12H2,1H3,(H,19,21). The van der Waals surface area contributed by atoms with Gasteiger partial charge in [-0.25, -0.2) is 0 Å². The molecule has 1 amide bonds. The summed E-state index contributed by atoms with van der Waals surface area (Å²) in [4.78, 5) is 12.4. The van der Waals surface area contributed by atoms with Crippen LogP contribution in [0.25, 0.3) is 0 Å². The van der Waals surface area contributed by atoms with Crippen LogP contribution in [0.2, 0.25) is 0 Å². The molecule has 0 aliphatic heterocycles. The Morgan fingerprint density at radius 3 is 2.48 bits per heavy atom. The van der Waals surface area contributed by atoms with Crippen LogP contribution in [-0.2, 0) is 13.0 Å². The fourth-order valence-corrected chi connectivity index (χ4v) is 2.11. The number of likely N-dealkylation sites (N-methyl/N-ethyl adjacent to an activating group) is 1. The van der Waals surface area contributed by atoms with Crippen LogP contribution >= 0.6 is 0 Å². The van der Waals surface area contributed by atoms with Gasteiger partial charge in [-0.15, -0.1) is 0 Å². The van der Waals surface area contributed by atoms with Gasteiger partial charge >= 0.3 is 0 Å². The predicted octanol–water partition coefficient (Wildman–Crippen LogP) is 2.19. The number of hydrogen-bond acceptors (Lipinski definition) is 3. The molecule has 110 valence electrons. The molecule has 0 spiro atoms. The zero-order valence-electron chi connectivity index (χ0n) is 12.1. The van der Waals surface area contributed by atoms with Crippen molar-refractivity contribution in [2.75, 3.05) is 18.9 Å². The van der Waals surface area contributed by atoms with Gasteiger partial charge in [-0.3, -0.25) is 4.79 Å². The molecule has 0 aromatic heterocycles. The molecule has 0 unspecified atom stereocenters. The van der Waals surface area contributed by atoms with Gasteiger partial charge in [0.2, 0.25) is 0 Å². The number of hydrogen-bond donors (Lipinski definition) is 3. The molecule has 0 saturated carbocycles. The summed E-state index contributed by atoms with van der Waals surface area (Å²) in [5.41, 5.74) is 3.26. The van der Waals surface area contributed by atoms with Crippen molar-refractivity contribution in [3.8, 4) is 0 Å². The van der Waals surface area contributed by atoms with E-state index >= 15 is 0 Å². The van der Waals surface area contributed by atoms with E-state index in [-0.39, 0.29) is 12.5 Å². The number of carbonyl (C=O) groups is 1. The van der Waals surface area contributed by atoms with E-state index in [1.54, 1.807) is 24.3 Å². The lowest BCUT2D eigenvalue weighted by atomic mass is 10.0. The van der Waals surface area contributed by atoms with Crippen LogP contribution in [0.5, 0.6) is 0 Å². The van der Waals surface area contributed by atoms with Crippen molar-refractivity contribution in [3.05, 3.63) is 65.2 Å². The molecule has 0 bridgehead atoms. The lowest BCUT2D eigenvalue weighted by Gasteiger charge is -2.10. The van der Waals surface area contributed by atoms with Gasteiger partial charge in [0, 0.05) is 11.3 Å². The van der Waals surface area contributed by atoms with Crippen molar-refractivity contribution in [1.82, 2.24) is 5.32 Å². The minimum Gasteiger partial charge on any atom is -0.392 e. The molecule has 0 aliphatic rings. The van der Waals surface area contributed by atoms with E-state index in [0.717, 1.165) is 29.8 Å². The fourth-order valence-electron chi connectivity index (χ4n) is 2.11. The highest BCUT2D eigenvalue weighted by molar-refractivity contribution is 6.05. The number of rotatable bonds is 6. The number of carbonyl (C=O) groups excluding carboxylic acids is 1. The summed E-state index contributed by atoms with van der Waals surface area (Å²) in [7, 11) is 1.89. The van der Waals surface area contributed by atoms with E-state index in [4.69, 9.17) is 5.11 Å². The SMILES string of the molecule is CNCCc1ccccc1C(=O)Nc1ccc(CO)cc1. The zero-order chi connectivity index (χ0) is 15.1. The van der Waals surface area contributed by atoms with Crippen molar-refractivity contribution in [3.63, 3.8) is 0 Å². The molecule has 2 rings (SSSR count). The zero-order valence-corrected chi connectivity index (χ0v) is 12.1. The van der Waals surface area contributed by atoms with Crippen LogP contribution in [0, 0.1) is 0 Å².